The average Bonchev–Trinajstić information content (AvgIpc) is 2.75. The van der Waals surface area contributed by atoms with Gasteiger partial charge in [-0.25, -0.2) is 4.39 Å². The van der Waals surface area contributed by atoms with E-state index in [-0.39, 0.29) is 17.1 Å². The molecular formula is C22H14ClF4N3O2. The first-order chi connectivity index (χ1) is 15.2. The van der Waals surface area contributed by atoms with Gasteiger partial charge in [-0.15, -0.1) is 0 Å². The number of ether oxygens (including phenoxy) is 1. The average molecular weight is 464 g/mol. The Kier molecular flexibility index (Phi) is 6.85. The van der Waals surface area contributed by atoms with E-state index in [0.717, 1.165) is 12.1 Å². The summed E-state index contributed by atoms with van der Waals surface area (Å²) in [6.07, 6.45) is -4.67. The Labute approximate surface area is 185 Å². The smallest absolute Gasteiger partial charge is 0.417 e. The Morgan fingerprint density at radius 1 is 1.03 bits per heavy atom. The van der Waals surface area contributed by atoms with Crippen molar-refractivity contribution in [1.29, 1.82) is 5.26 Å². The van der Waals surface area contributed by atoms with Crippen LogP contribution in [0.15, 0.2) is 60.7 Å². The van der Waals surface area contributed by atoms with Gasteiger partial charge in [0.25, 0.3) is 0 Å². The fourth-order valence-corrected chi connectivity index (χ4v) is 2.86. The zero-order chi connectivity index (χ0) is 23.3. The van der Waals surface area contributed by atoms with E-state index < -0.39 is 35.0 Å². The van der Waals surface area contributed by atoms with Gasteiger partial charge in [-0.1, -0.05) is 11.6 Å². The van der Waals surface area contributed by atoms with Crippen molar-refractivity contribution in [3.05, 3.63) is 82.6 Å². The van der Waals surface area contributed by atoms with E-state index in [2.05, 4.69) is 10.6 Å². The summed E-state index contributed by atoms with van der Waals surface area (Å²) in [6, 6.07) is 15.0. The number of hydrogen-bond acceptors (Lipinski definition) is 4. The van der Waals surface area contributed by atoms with Gasteiger partial charge in [0.15, 0.2) is 0 Å². The van der Waals surface area contributed by atoms with E-state index in [1.807, 2.05) is 6.07 Å². The van der Waals surface area contributed by atoms with Gasteiger partial charge in [0.2, 0.25) is 5.91 Å². The molecule has 0 spiro atoms. The minimum atomic E-state index is -4.67. The predicted molar refractivity (Wildman–Crippen MR) is 111 cm³/mol. The van der Waals surface area contributed by atoms with Gasteiger partial charge in [0, 0.05) is 11.8 Å². The first kappa shape index (κ1) is 22.9. The monoisotopic (exact) mass is 463 g/mol. The largest absolute Gasteiger partial charge is 0.457 e. The van der Waals surface area contributed by atoms with Gasteiger partial charge in [-0.05, 0) is 54.6 Å². The molecule has 32 heavy (non-hydrogen) atoms. The molecule has 3 rings (SSSR count). The molecule has 3 aromatic carbocycles. The lowest BCUT2D eigenvalue weighted by Gasteiger charge is -2.13. The predicted octanol–water partition coefficient (Wildman–Crippen LogP) is 6.21. The summed E-state index contributed by atoms with van der Waals surface area (Å²) in [4.78, 5) is 12.1. The first-order valence-corrected chi connectivity index (χ1v) is 9.41. The van der Waals surface area contributed by atoms with Gasteiger partial charge >= 0.3 is 6.18 Å². The standard InChI is InChI=1S/C22H14ClF4N3O2/c23-18-7-3-14(9-17(18)22(25,26)27)30-21(31)12-29-20-10-16(6-8-19(20)24)32-15-4-1-13(11-28)2-5-15/h1-10,29H,12H2,(H,30,31). The molecule has 3 aromatic rings. The molecule has 0 radical (unpaired) electrons. The number of amides is 1. The molecule has 1 amide bonds. The van der Waals surface area contributed by atoms with Crippen LogP contribution in [-0.4, -0.2) is 12.5 Å². The number of alkyl halides is 3. The molecule has 0 atom stereocenters. The van der Waals surface area contributed by atoms with Gasteiger partial charge in [-0.3, -0.25) is 4.79 Å². The van der Waals surface area contributed by atoms with Crippen LogP contribution in [0.2, 0.25) is 5.02 Å². The second-order valence-electron chi connectivity index (χ2n) is 6.47. The molecule has 2 N–H and O–H groups in total. The molecule has 0 aliphatic heterocycles. The number of nitriles is 1. The lowest BCUT2D eigenvalue weighted by Crippen LogP contribution is -2.22. The molecule has 164 valence electrons. The van der Waals surface area contributed by atoms with E-state index in [0.29, 0.717) is 17.4 Å². The first-order valence-electron chi connectivity index (χ1n) is 9.04. The second kappa shape index (κ2) is 9.58. The van der Waals surface area contributed by atoms with Crippen molar-refractivity contribution in [2.45, 2.75) is 6.18 Å². The molecule has 0 heterocycles. The van der Waals surface area contributed by atoms with Crippen LogP contribution in [0.5, 0.6) is 11.5 Å². The number of nitrogens with one attached hydrogen (secondary N) is 2. The Hall–Kier alpha value is -3.77. The van der Waals surface area contributed by atoms with Crippen LogP contribution >= 0.6 is 11.6 Å². The molecule has 0 unspecified atom stereocenters. The van der Waals surface area contributed by atoms with Crippen molar-refractivity contribution in [3.8, 4) is 17.6 Å². The lowest BCUT2D eigenvalue weighted by molar-refractivity contribution is -0.137. The number of rotatable bonds is 6. The van der Waals surface area contributed by atoms with Gasteiger partial charge in [-0.2, -0.15) is 18.4 Å². The highest BCUT2D eigenvalue weighted by Gasteiger charge is 2.33. The van der Waals surface area contributed by atoms with Gasteiger partial charge in [0.05, 0.1) is 34.5 Å². The molecule has 0 saturated heterocycles. The summed E-state index contributed by atoms with van der Waals surface area (Å²) in [5.41, 5.74) is -0.776. The highest BCUT2D eigenvalue weighted by atomic mass is 35.5. The summed E-state index contributed by atoms with van der Waals surface area (Å²) in [7, 11) is 0. The number of halogens is 5. The molecule has 0 aromatic heterocycles. The van der Waals surface area contributed by atoms with Gasteiger partial charge < -0.3 is 15.4 Å². The molecule has 0 saturated carbocycles. The third-order valence-electron chi connectivity index (χ3n) is 4.15. The zero-order valence-electron chi connectivity index (χ0n) is 16.1. The third-order valence-corrected chi connectivity index (χ3v) is 4.48. The summed E-state index contributed by atoms with van der Waals surface area (Å²) in [5, 5.41) is 13.2. The summed E-state index contributed by atoms with van der Waals surface area (Å²) in [5.74, 6) is -0.664. The Balaban J connectivity index is 1.64. The molecule has 10 heteroatoms. The molecule has 0 aliphatic rings. The summed E-state index contributed by atoms with van der Waals surface area (Å²) < 4.78 is 58.5. The van der Waals surface area contributed by atoms with Crippen molar-refractivity contribution in [2.24, 2.45) is 0 Å². The number of anilines is 2. The SMILES string of the molecule is N#Cc1ccc(Oc2ccc(F)c(NCC(=O)Nc3ccc(Cl)c(C(F)(F)F)c3)c2)cc1. The Bertz CT molecular complexity index is 1180. The molecule has 0 fully saturated rings. The topological polar surface area (TPSA) is 74.1 Å². The van der Waals surface area contributed by atoms with E-state index in [1.165, 1.54) is 18.2 Å². The minimum Gasteiger partial charge on any atom is -0.457 e. The van der Waals surface area contributed by atoms with Crippen LogP contribution in [0.1, 0.15) is 11.1 Å². The number of benzene rings is 3. The second-order valence-corrected chi connectivity index (χ2v) is 6.88. The highest BCUT2D eigenvalue weighted by Crippen LogP contribution is 2.36. The molecule has 0 bridgehead atoms. The van der Waals surface area contributed by atoms with Crippen molar-refractivity contribution in [3.63, 3.8) is 0 Å². The van der Waals surface area contributed by atoms with Crippen LogP contribution in [0.3, 0.4) is 0 Å². The van der Waals surface area contributed by atoms with E-state index in [4.69, 9.17) is 21.6 Å². The summed E-state index contributed by atoms with van der Waals surface area (Å²) >= 11 is 5.55. The Morgan fingerprint density at radius 3 is 2.38 bits per heavy atom. The molecule has 5 nitrogen and oxygen atoms in total. The minimum absolute atomic E-state index is 0.0432. The number of hydrogen-bond donors (Lipinski definition) is 2. The van der Waals surface area contributed by atoms with E-state index >= 15 is 0 Å². The quantitative estimate of drug-likeness (QED) is 0.426. The van der Waals surface area contributed by atoms with Crippen LogP contribution in [0, 0.1) is 17.1 Å². The lowest BCUT2D eigenvalue weighted by atomic mass is 10.2. The van der Waals surface area contributed by atoms with Crippen molar-refractivity contribution in [2.75, 3.05) is 17.2 Å². The van der Waals surface area contributed by atoms with Crippen LogP contribution in [0.25, 0.3) is 0 Å². The maximum absolute atomic E-state index is 14.1. The molecular weight excluding hydrogens is 450 g/mol. The van der Waals surface area contributed by atoms with Gasteiger partial charge in [0.1, 0.15) is 17.3 Å². The van der Waals surface area contributed by atoms with E-state index in [9.17, 15) is 22.4 Å². The normalized spacial score (nSPS) is 10.9. The number of nitrogens with zero attached hydrogens (tertiary/aromatic N) is 1. The van der Waals surface area contributed by atoms with Crippen LogP contribution < -0.4 is 15.4 Å². The number of carbonyl (C=O) groups is 1. The highest BCUT2D eigenvalue weighted by molar-refractivity contribution is 6.31. The fraction of sp³-hybridized carbons (Fsp3) is 0.0909. The van der Waals surface area contributed by atoms with Crippen LogP contribution in [-0.2, 0) is 11.0 Å². The zero-order valence-corrected chi connectivity index (χ0v) is 16.9. The Morgan fingerprint density at radius 2 is 1.72 bits per heavy atom. The third kappa shape index (κ3) is 5.89. The maximum Gasteiger partial charge on any atom is 0.417 e. The fourth-order valence-electron chi connectivity index (χ4n) is 2.64. The van der Waals surface area contributed by atoms with Crippen molar-refractivity contribution in [1.82, 2.24) is 0 Å². The number of carbonyl (C=O) groups excluding carboxylic acids is 1. The van der Waals surface area contributed by atoms with Crippen molar-refractivity contribution >= 4 is 28.9 Å². The van der Waals surface area contributed by atoms with Crippen molar-refractivity contribution < 1.29 is 27.1 Å². The maximum atomic E-state index is 14.1. The van der Waals surface area contributed by atoms with E-state index in [1.54, 1.807) is 24.3 Å². The van der Waals surface area contributed by atoms with Crippen LogP contribution in [0.4, 0.5) is 28.9 Å². The molecule has 0 aliphatic carbocycles. The summed E-state index contributed by atoms with van der Waals surface area (Å²) in [6.45, 7) is -0.415.